The van der Waals surface area contributed by atoms with Crippen LogP contribution >= 0.6 is 0 Å². The summed E-state index contributed by atoms with van der Waals surface area (Å²) in [5, 5.41) is 5.60. The minimum Gasteiger partial charge on any atom is -0.325 e. The summed E-state index contributed by atoms with van der Waals surface area (Å²) < 4.78 is 0. The molecule has 0 bridgehead atoms. The number of carbonyl (C=O) groups excluding carboxylic acids is 3. The maximum atomic E-state index is 13.6. The molecule has 1 fully saturated rings. The van der Waals surface area contributed by atoms with Gasteiger partial charge in [-0.2, -0.15) is 0 Å². The Morgan fingerprint density at radius 3 is 1.94 bits per heavy atom. The molecule has 0 unspecified atom stereocenters. The number of carbonyl (C=O) groups is 3. The Bertz CT molecular complexity index is 1060. The van der Waals surface area contributed by atoms with Crippen molar-refractivity contribution in [2.24, 2.45) is 0 Å². The number of imide groups is 1. The molecule has 1 aliphatic heterocycles. The van der Waals surface area contributed by atoms with Crippen LogP contribution in [0.4, 0.5) is 10.5 Å². The van der Waals surface area contributed by atoms with E-state index < -0.39 is 23.4 Å². The largest absolute Gasteiger partial charge is 0.326 e. The predicted molar refractivity (Wildman–Crippen MR) is 118 cm³/mol. The van der Waals surface area contributed by atoms with E-state index in [4.69, 9.17) is 0 Å². The molecular weight excluding hydrogens is 390 g/mol. The van der Waals surface area contributed by atoms with Crippen LogP contribution in [0, 0.1) is 0 Å². The first-order valence-electron chi connectivity index (χ1n) is 10.2. The second-order valence-electron chi connectivity index (χ2n) is 7.40. The van der Waals surface area contributed by atoms with E-state index in [0.29, 0.717) is 16.8 Å². The van der Waals surface area contributed by atoms with Gasteiger partial charge in [-0.25, -0.2) is 4.79 Å². The fraction of sp³-hybridized carbons (Fsp3) is 0.160. The van der Waals surface area contributed by atoms with Gasteiger partial charge < -0.3 is 10.6 Å². The fourth-order valence-electron chi connectivity index (χ4n) is 3.82. The summed E-state index contributed by atoms with van der Waals surface area (Å²) in [6, 6.07) is 25.0. The topological polar surface area (TPSA) is 78.5 Å². The van der Waals surface area contributed by atoms with Crippen LogP contribution in [0.3, 0.4) is 0 Å². The Morgan fingerprint density at radius 1 is 0.871 bits per heavy atom. The molecule has 0 aromatic heterocycles. The molecule has 0 saturated carbocycles. The molecule has 4 amide bonds. The molecule has 4 rings (SSSR count). The number of benzene rings is 3. The van der Waals surface area contributed by atoms with E-state index >= 15 is 0 Å². The van der Waals surface area contributed by atoms with Gasteiger partial charge in [-0.05, 0) is 35.2 Å². The summed E-state index contributed by atoms with van der Waals surface area (Å²) in [5.74, 6) is -0.920. The number of nitrogens with one attached hydrogen (secondary N) is 2. The lowest BCUT2D eigenvalue weighted by Crippen LogP contribution is -2.45. The van der Waals surface area contributed by atoms with Gasteiger partial charge in [0.2, 0.25) is 5.91 Å². The molecule has 1 aliphatic rings. The van der Waals surface area contributed by atoms with Gasteiger partial charge in [0.05, 0.1) is 0 Å². The highest BCUT2D eigenvalue weighted by Gasteiger charge is 2.54. The normalized spacial score (nSPS) is 14.9. The van der Waals surface area contributed by atoms with Crippen molar-refractivity contribution >= 4 is 23.5 Å². The highest BCUT2D eigenvalue weighted by molar-refractivity contribution is 6.12. The summed E-state index contributed by atoms with van der Waals surface area (Å²) in [5.41, 5.74) is 1.67. The molecule has 1 heterocycles. The minimum atomic E-state index is -1.37. The zero-order valence-electron chi connectivity index (χ0n) is 17.2. The van der Waals surface area contributed by atoms with Crippen molar-refractivity contribution in [3.05, 3.63) is 102 Å². The molecule has 0 spiro atoms. The van der Waals surface area contributed by atoms with Crippen molar-refractivity contribution in [1.82, 2.24) is 10.2 Å². The zero-order chi connectivity index (χ0) is 21.8. The monoisotopic (exact) mass is 413 g/mol. The Labute approximate surface area is 180 Å². The van der Waals surface area contributed by atoms with E-state index in [2.05, 4.69) is 17.6 Å². The maximum Gasteiger partial charge on any atom is 0.326 e. The van der Waals surface area contributed by atoms with Gasteiger partial charge in [0.1, 0.15) is 6.54 Å². The molecule has 6 nitrogen and oxygen atoms in total. The van der Waals surface area contributed by atoms with Crippen LogP contribution in [-0.2, 0) is 21.5 Å². The van der Waals surface area contributed by atoms with Gasteiger partial charge in [-0.1, -0.05) is 79.7 Å². The number of nitrogens with zero attached hydrogens (tertiary/aromatic N) is 1. The van der Waals surface area contributed by atoms with Gasteiger partial charge in [-0.15, -0.1) is 0 Å². The highest BCUT2D eigenvalue weighted by Crippen LogP contribution is 2.35. The number of hydrogen-bond acceptors (Lipinski definition) is 3. The molecule has 2 N–H and O–H groups in total. The number of urea groups is 1. The van der Waals surface area contributed by atoms with Gasteiger partial charge >= 0.3 is 6.03 Å². The third-order valence-corrected chi connectivity index (χ3v) is 5.47. The summed E-state index contributed by atoms with van der Waals surface area (Å²) in [6.07, 6.45) is 0.901. The minimum absolute atomic E-state index is 0.373. The van der Waals surface area contributed by atoms with E-state index in [0.717, 1.165) is 16.9 Å². The SMILES string of the molecule is CCc1ccc(NC(=O)CN2C(=O)NC(c3ccccc3)(c3ccccc3)C2=O)cc1. The third-order valence-electron chi connectivity index (χ3n) is 5.47. The van der Waals surface area contributed by atoms with Gasteiger partial charge in [0.25, 0.3) is 5.91 Å². The van der Waals surface area contributed by atoms with E-state index in [1.165, 1.54) is 0 Å². The van der Waals surface area contributed by atoms with E-state index in [-0.39, 0.29) is 6.54 Å². The van der Waals surface area contributed by atoms with E-state index in [9.17, 15) is 14.4 Å². The number of amides is 4. The molecule has 0 radical (unpaired) electrons. The van der Waals surface area contributed by atoms with Gasteiger partial charge in [0, 0.05) is 5.69 Å². The Balaban J connectivity index is 1.61. The zero-order valence-corrected chi connectivity index (χ0v) is 17.2. The van der Waals surface area contributed by atoms with Gasteiger partial charge in [-0.3, -0.25) is 14.5 Å². The first-order valence-corrected chi connectivity index (χ1v) is 10.2. The van der Waals surface area contributed by atoms with Crippen molar-refractivity contribution in [2.75, 3.05) is 11.9 Å². The Kier molecular flexibility index (Phi) is 5.54. The van der Waals surface area contributed by atoms with Crippen LogP contribution < -0.4 is 10.6 Å². The van der Waals surface area contributed by atoms with Gasteiger partial charge in [0.15, 0.2) is 5.54 Å². The predicted octanol–water partition coefficient (Wildman–Crippen LogP) is 3.68. The summed E-state index contributed by atoms with van der Waals surface area (Å²) >= 11 is 0. The first-order chi connectivity index (χ1) is 15.0. The second-order valence-corrected chi connectivity index (χ2v) is 7.40. The average Bonchev–Trinajstić information content (AvgIpc) is 3.06. The number of hydrogen-bond donors (Lipinski definition) is 2. The highest BCUT2D eigenvalue weighted by atomic mass is 16.2. The lowest BCUT2D eigenvalue weighted by atomic mass is 9.82. The molecule has 3 aromatic carbocycles. The van der Waals surface area contributed by atoms with E-state index in [1.54, 1.807) is 36.4 Å². The average molecular weight is 413 g/mol. The van der Waals surface area contributed by atoms with Crippen molar-refractivity contribution in [1.29, 1.82) is 0 Å². The summed E-state index contributed by atoms with van der Waals surface area (Å²) in [7, 11) is 0. The maximum absolute atomic E-state index is 13.6. The molecule has 156 valence electrons. The molecule has 0 atom stereocenters. The Morgan fingerprint density at radius 2 is 1.42 bits per heavy atom. The van der Waals surface area contributed by atoms with Crippen molar-refractivity contribution in [3.63, 3.8) is 0 Å². The molecule has 3 aromatic rings. The summed E-state index contributed by atoms with van der Waals surface area (Å²) in [6.45, 7) is 1.68. The standard InChI is InChI=1S/C25H23N3O3/c1-2-18-13-15-21(16-14-18)26-22(29)17-28-23(30)25(27-24(28)31,19-9-5-3-6-10-19)20-11-7-4-8-12-20/h3-16H,2,17H2,1H3,(H,26,29)(H,27,31). The molecule has 6 heteroatoms. The number of anilines is 1. The first kappa shape index (κ1) is 20.3. The lowest BCUT2D eigenvalue weighted by molar-refractivity contribution is -0.133. The summed E-state index contributed by atoms with van der Waals surface area (Å²) in [4.78, 5) is 40.0. The van der Waals surface area contributed by atoms with Crippen LogP contribution in [0.25, 0.3) is 0 Å². The smallest absolute Gasteiger partial charge is 0.325 e. The fourth-order valence-corrected chi connectivity index (χ4v) is 3.82. The molecule has 1 saturated heterocycles. The van der Waals surface area contributed by atoms with Crippen molar-refractivity contribution < 1.29 is 14.4 Å². The lowest BCUT2D eigenvalue weighted by Gasteiger charge is -2.28. The number of rotatable bonds is 6. The molecular formula is C25H23N3O3. The van der Waals surface area contributed by atoms with Crippen LogP contribution in [0.5, 0.6) is 0 Å². The van der Waals surface area contributed by atoms with Crippen LogP contribution in [0.1, 0.15) is 23.6 Å². The number of aryl methyl sites for hydroxylation is 1. The second kappa shape index (κ2) is 8.44. The van der Waals surface area contributed by atoms with Crippen molar-refractivity contribution in [2.45, 2.75) is 18.9 Å². The molecule has 31 heavy (non-hydrogen) atoms. The Hall–Kier alpha value is -3.93. The quantitative estimate of drug-likeness (QED) is 0.605. The molecule has 0 aliphatic carbocycles. The third kappa shape index (κ3) is 3.80. The van der Waals surface area contributed by atoms with Crippen LogP contribution in [-0.4, -0.2) is 29.3 Å². The van der Waals surface area contributed by atoms with Crippen molar-refractivity contribution in [3.8, 4) is 0 Å². The van der Waals surface area contributed by atoms with Crippen LogP contribution in [0.2, 0.25) is 0 Å². The van der Waals surface area contributed by atoms with E-state index in [1.807, 2.05) is 48.5 Å². The van der Waals surface area contributed by atoms with Crippen LogP contribution in [0.15, 0.2) is 84.9 Å².